The zero-order valence-corrected chi connectivity index (χ0v) is 12.3. The van der Waals surface area contributed by atoms with Crippen LogP contribution in [0.25, 0.3) is 0 Å². The lowest BCUT2D eigenvalue weighted by Crippen LogP contribution is -2.49. The Balaban J connectivity index is 2.31. The number of hydrogen-bond acceptors (Lipinski definition) is 2. The zero-order chi connectivity index (χ0) is 14.6. The Morgan fingerprint density at radius 1 is 1.30 bits per heavy atom. The Morgan fingerprint density at radius 2 is 1.95 bits per heavy atom. The molecule has 1 fully saturated rings. The first-order chi connectivity index (χ1) is 9.64. The second-order valence-corrected chi connectivity index (χ2v) is 5.38. The summed E-state index contributed by atoms with van der Waals surface area (Å²) in [5.74, 6) is -0.267. The predicted molar refractivity (Wildman–Crippen MR) is 79.3 cm³/mol. The van der Waals surface area contributed by atoms with Crippen molar-refractivity contribution in [2.24, 2.45) is 5.41 Å². The third-order valence-corrected chi connectivity index (χ3v) is 4.40. The van der Waals surface area contributed by atoms with Gasteiger partial charge in [-0.25, -0.2) is 4.39 Å². The number of hydrogen-bond donors (Lipinski definition) is 1. The van der Waals surface area contributed by atoms with Gasteiger partial charge in [-0.15, -0.1) is 0 Å². The molecule has 1 aromatic carbocycles. The molecule has 0 atom stereocenters. The van der Waals surface area contributed by atoms with Crippen LogP contribution in [0.15, 0.2) is 24.3 Å². The molecule has 0 bridgehead atoms. The first kappa shape index (κ1) is 15.0. The zero-order valence-electron chi connectivity index (χ0n) is 12.3. The van der Waals surface area contributed by atoms with Gasteiger partial charge in [-0.3, -0.25) is 4.79 Å². The van der Waals surface area contributed by atoms with Crippen LogP contribution < -0.4 is 10.2 Å². The van der Waals surface area contributed by atoms with E-state index < -0.39 is 0 Å². The fourth-order valence-corrected chi connectivity index (χ4v) is 3.00. The summed E-state index contributed by atoms with van der Waals surface area (Å²) in [7, 11) is 0. The number of amides is 1. The number of benzene rings is 1. The van der Waals surface area contributed by atoms with Crippen molar-refractivity contribution in [3.05, 3.63) is 30.1 Å². The minimum atomic E-state index is -0.344. The van der Waals surface area contributed by atoms with Crippen LogP contribution in [0.2, 0.25) is 0 Å². The Bertz CT molecular complexity index is 469. The molecule has 0 spiro atoms. The molecule has 0 unspecified atom stereocenters. The van der Waals surface area contributed by atoms with E-state index in [1.807, 2.05) is 6.92 Å². The SMILES string of the molecule is CCN(C(=O)C1(CC)CCNCC1)c1ccccc1F. The average molecular weight is 278 g/mol. The van der Waals surface area contributed by atoms with E-state index >= 15 is 0 Å². The van der Waals surface area contributed by atoms with E-state index in [9.17, 15) is 9.18 Å². The average Bonchev–Trinajstić information content (AvgIpc) is 2.50. The van der Waals surface area contributed by atoms with Crippen LogP contribution in [0, 0.1) is 11.2 Å². The highest BCUT2D eigenvalue weighted by atomic mass is 19.1. The molecule has 1 aliphatic rings. The van der Waals surface area contributed by atoms with Crippen LogP contribution in [-0.2, 0) is 4.79 Å². The Morgan fingerprint density at radius 3 is 2.50 bits per heavy atom. The molecule has 0 radical (unpaired) electrons. The molecule has 1 amide bonds. The molecule has 0 saturated carbocycles. The van der Waals surface area contributed by atoms with Crippen molar-refractivity contribution in [3.63, 3.8) is 0 Å². The summed E-state index contributed by atoms with van der Waals surface area (Å²) >= 11 is 0. The van der Waals surface area contributed by atoms with Crippen LogP contribution in [-0.4, -0.2) is 25.5 Å². The van der Waals surface area contributed by atoms with Gasteiger partial charge in [-0.1, -0.05) is 19.1 Å². The minimum absolute atomic E-state index is 0.0640. The first-order valence-electron chi connectivity index (χ1n) is 7.42. The van der Waals surface area contributed by atoms with E-state index in [0.717, 1.165) is 32.4 Å². The van der Waals surface area contributed by atoms with Crippen molar-refractivity contribution >= 4 is 11.6 Å². The third kappa shape index (κ3) is 2.70. The van der Waals surface area contributed by atoms with Gasteiger partial charge in [0.05, 0.1) is 11.1 Å². The molecule has 1 saturated heterocycles. The molecule has 0 aliphatic carbocycles. The number of halogens is 1. The van der Waals surface area contributed by atoms with Gasteiger partial charge in [0.1, 0.15) is 5.82 Å². The summed E-state index contributed by atoms with van der Waals surface area (Å²) < 4.78 is 14.0. The smallest absolute Gasteiger partial charge is 0.233 e. The molecule has 1 aliphatic heterocycles. The number of rotatable bonds is 4. The number of nitrogens with one attached hydrogen (secondary N) is 1. The van der Waals surface area contributed by atoms with Crippen molar-refractivity contribution in [2.45, 2.75) is 33.1 Å². The van der Waals surface area contributed by atoms with Gasteiger partial charge in [-0.05, 0) is 51.4 Å². The summed E-state index contributed by atoms with van der Waals surface area (Å²) in [5, 5.41) is 3.29. The maximum atomic E-state index is 14.0. The van der Waals surface area contributed by atoms with Gasteiger partial charge < -0.3 is 10.2 Å². The van der Waals surface area contributed by atoms with Gasteiger partial charge in [0.15, 0.2) is 0 Å². The number of carbonyl (C=O) groups is 1. The quantitative estimate of drug-likeness (QED) is 0.918. The van der Waals surface area contributed by atoms with Gasteiger partial charge >= 0.3 is 0 Å². The lowest BCUT2D eigenvalue weighted by molar-refractivity contribution is -0.130. The number of carbonyl (C=O) groups excluding carboxylic acids is 1. The van der Waals surface area contributed by atoms with Gasteiger partial charge in [0.2, 0.25) is 5.91 Å². The first-order valence-corrected chi connectivity index (χ1v) is 7.42. The van der Waals surface area contributed by atoms with Gasteiger partial charge in [0, 0.05) is 6.54 Å². The van der Waals surface area contributed by atoms with Crippen molar-refractivity contribution < 1.29 is 9.18 Å². The predicted octanol–water partition coefficient (Wildman–Crippen LogP) is 2.96. The van der Waals surface area contributed by atoms with E-state index in [1.165, 1.54) is 6.07 Å². The highest BCUT2D eigenvalue weighted by molar-refractivity contribution is 5.97. The maximum absolute atomic E-state index is 14.0. The van der Waals surface area contributed by atoms with E-state index in [-0.39, 0.29) is 17.1 Å². The summed E-state index contributed by atoms with van der Waals surface area (Å²) in [6.07, 6.45) is 2.46. The highest BCUT2D eigenvalue weighted by Gasteiger charge is 2.40. The Kier molecular flexibility index (Phi) is 4.76. The molecule has 1 N–H and O–H groups in total. The van der Waals surface area contributed by atoms with Gasteiger partial charge in [-0.2, -0.15) is 0 Å². The van der Waals surface area contributed by atoms with Crippen molar-refractivity contribution in [1.29, 1.82) is 0 Å². The number of anilines is 1. The maximum Gasteiger partial charge on any atom is 0.233 e. The van der Waals surface area contributed by atoms with Crippen LogP contribution in [0.3, 0.4) is 0 Å². The lowest BCUT2D eigenvalue weighted by atomic mass is 9.75. The molecule has 2 rings (SSSR count). The molecule has 110 valence electrons. The van der Waals surface area contributed by atoms with Crippen molar-refractivity contribution in [3.8, 4) is 0 Å². The van der Waals surface area contributed by atoms with Crippen molar-refractivity contribution in [1.82, 2.24) is 5.32 Å². The minimum Gasteiger partial charge on any atom is -0.317 e. The molecule has 0 aromatic heterocycles. The molecule has 4 heteroatoms. The summed E-state index contributed by atoms with van der Waals surface area (Å²) in [4.78, 5) is 14.6. The molecule has 3 nitrogen and oxygen atoms in total. The molecular formula is C16H23FN2O. The van der Waals surface area contributed by atoms with E-state index in [1.54, 1.807) is 23.1 Å². The van der Waals surface area contributed by atoms with Crippen molar-refractivity contribution in [2.75, 3.05) is 24.5 Å². The van der Waals surface area contributed by atoms with E-state index in [4.69, 9.17) is 0 Å². The standard InChI is InChI=1S/C16H23FN2O/c1-3-16(9-11-18-12-10-16)15(20)19(4-2)14-8-6-5-7-13(14)17/h5-8,18H,3-4,9-12H2,1-2H3. The van der Waals surface area contributed by atoms with Crippen LogP contribution in [0.4, 0.5) is 10.1 Å². The Hall–Kier alpha value is -1.42. The fraction of sp³-hybridized carbons (Fsp3) is 0.562. The second kappa shape index (κ2) is 6.35. The summed E-state index contributed by atoms with van der Waals surface area (Å²) in [6.45, 7) is 6.16. The largest absolute Gasteiger partial charge is 0.317 e. The molecule has 1 aromatic rings. The number of para-hydroxylation sites is 1. The fourth-order valence-electron chi connectivity index (χ4n) is 3.00. The Labute approximate surface area is 120 Å². The second-order valence-electron chi connectivity index (χ2n) is 5.38. The van der Waals surface area contributed by atoms with Crippen LogP contribution in [0.5, 0.6) is 0 Å². The summed E-state index contributed by atoms with van der Waals surface area (Å²) in [5.41, 5.74) is 0.0511. The normalized spacial score (nSPS) is 17.8. The highest BCUT2D eigenvalue weighted by Crippen LogP contribution is 2.36. The van der Waals surface area contributed by atoms with E-state index in [2.05, 4.69) is 12.2 Å². The third-order valence-electron chi connectivity index (χ3n) is 4.40. The van der Waals surface area contributed by atoms with Gasteiger partial charge in [0.25, 0.3) is 0 Å². The molecule has 1 heterocycles. The lowest BCUT2D eigenvalue weighted by Gasteiger charge is -2.39. The number of nitrogens with zero attached hydrogens (tertiary/aromatic N) is 1. The number of piperidine rings is 1. The molecular weight excluding hydrogens is 255 g/mol. The molecule has 20 heavy (non-hydrogen) atoms. The summed E-state index contributed by atoms with van der Waals surface area (Å²) in [6, 6.07) is 6.51. The monoisotopic (exact) mass is 278 g/mol. The topological polar surface area (TPSA) is 32.3 Å². The van der Waals surface area contributed by atoms with E-state index in [0.29, 0.717) is 12.2 Å². The van der Waals surface area contributed by atoms with Crippen LogP contribution in [0.1, 0.15) is 33.1 Å². The van der Waals surface area contributed by atoms with Crippen LogP contribution >= 0.6 is 0 Å².